The van der Waals surface area contributed by atoms with E-state index in [2.05, 4.69) is 0 Å². The van der Waals surface area contributed by atoms with Crippen LogP contribution in [0.25, 0.3) is 0 Å². The number of fused-ring (bicyclic) bond motifs is 1. The van der Waals surface area contributed by atoms with Gasteiger partial charge in [-0.05, 0) is 11.1 Å². The van der Waals surface area contributed by atoms with Gasteiger partial charge in [-0.25, -0.2) is 17.6 Å². The maximum atomic E-state index is 13.2. The number of hydrogen-bond acceptors (Lipinski definition) is 0. The van der Waals surface area contributed by atoms with E-state index in [4.69, 9.17) is 0 Å². The highest BCUT2D eigenvalue weighted by Crippen LogP contribution is 2.43. The molecule has 1 aromatic carbocycles. The molecule has 0 amide bonds. The fourth-order valence-corrected chi connectivity index (χ4v) is 1.68. The van der Waals surface area contributed by atoms with Crippen molar-refractivity contribution in [2.45, 2.75) is 24.7 Å². The van der Waals surface area contributed by atoms with Gasteiger partial charge < -0.3 is 0 Å². The highest BCUT2D eigenvalue weighted by atomic mass is 19.2. The van der Waals surface area contributed by atoms with Crippen LogP contribution >= 0.6 is 0 Å². The van der Waals surface area contributed by atoms with Crippen LogP contribution in [0.2, 0.25) is 0 Å². The summed E-state index contributed by atoms with van der Waals surface area (Å²) in [6.07, 6.45) is -8.93. The highest BCUT2D eigenvalue weighted by molar-refractivity contribution is 5.35. The topological polar surface area (TPSA) is 0 Å². The van der Waals surface area contributed by atoms with Gasteiger partial charge in [-0.2, -0.15) is 0 Å². The molecule has 0 radical (unpaired) electrons. The van der Waals surface area contributed by atoms with Crippen LogP contribution in [0.15, 0.2) is 24.3 Å². The molecule has 76 valence electrons. The molecule has 0 nitrogen and oxygen atoms in total. The zero-order valence-electron chi connectivity index (χ0n) is 7.13. The van der Waals surface area contributed by atoms with Crippen molar-refractivity contribution in [3.05, 3.63) is 35.4 Å². The minimum atomic E-state index is -2.40. The first-order valence-electron chi connectivity index (χ1n) is 4.28. The molecule has 1 aliphatic carbocycles. The molecule has 0 aliphatic heterocycles. The quantitative estimate of drug-likeness (QED) is 0.568. The van der Waals surface area contributed by atoms with E-state index in [1.165, 1.54) is 24.3 Å². The lowest BCUT2D eigenvalue weighted by atomic mass is 9.86. The summed E-state index contributed by atoms with van der Waals surface area (Å²) < 4.78 is 52.2. The van der Waals surface area contributed by atoms with E-state index >= 15 is 0 Å². The summed E-state index contributed by atoms with van der Waals surface area (Å²) in [4.78, 5) is 0. The minimum absolute atomic E-state index is 0.0820. The molecule has 1 aliphatic rings. The Labute approximate surface area is 78.5 Å². The molecule has 0 aromatic heterocycles. The van der Waals surface area contributed by atoms with Crippen molar-refractivity contribution in [3.63, 3.8) is 0 Å². The van der Waals surface area contributed by atoms with Crippen LogP contribution in [-0.2, 0) is 0 Å². The molecule has 4 atom stereocenters. The Morgan fingerprint density at radius 3 is 1.43 bits per heavy atom. The summed E-state index contributed by atoms with van der Waals surface area (Å²) in [5.74, 6) is 0. The Kier molecular flexibility index (Phi) is 2.21. The summed E-state index contributed by atoms with van der Waals surface area (Å²) in [6.45, 7) is 0. The lowest BCUT2D eigenvalue weighted by molar-refractivity contribution is 0.0155. The fourth-order valence-electron chi connectivity index (χ4n) is 1.68. The predicted molar refractivity (Wildman–Crippen MR) is 43.9 cm³/mol. The maximum Gasteiger partial charge on any atom is 0.170 e. The van der Waals surface area contributed by atoms with Gasteiger partial charge in [0.1, 0.15) is 0 Å². The van der Waals surface area contributed by atoms with Crippen molar-refractivity contribution < 1.29 is 17.6 Å². The Hall–Kier alpha value is -1.06. The molecule has 4 unspecified atom stereocenters. The van der Waals surface area contributed by atoms with Crippen molar-refractivity contribution >= 4 is 0 Å². The molecule has 0 spiro atoms. The monoisotopic (exact) mass is 204 g/mol. The van der Waals surface area contributed by atoms with Gasteiger partial charge in [-0.1, -0.05) is 24.3 Å². The standard InChI is InChI=1S/C10H8F4/c11-7-5-3-1-2-4-6(5)8(12)10(14)9(7)13/h1-4,7-10H. The van der Waals surface area contributed by atoms with Crippen LogP contribution in [0, 0.1) is 0 Å². The van der Waals surface area contributed by atoms with E-state index in [0.29, 0.717) is 0 Å². The SMILES string of the molecule is FC1c2ccccc2C(F)C(F)C1F. The van der Waals surface area contributed by atoms with Crippen molar-refractivity contribution in [1.29, 1.82) is 0 Å². The van der Waals surface area contributed by atoms with Gasteiger partial charge in [-0.15, -0.1) is 0 Å². The normalized spacial score (nSPS) is 36.6. The van der Waals surface area contributed by atoms with E-state index in [-0.39, 0.29) is 11.1 Å². The van der Waals surface area contributed by atoms with Gasteiger partial charge in [0, 0.05) is 0 Å². The molecule has 14 heavy (non-hydrogen) atoms. The molecule has 0 saturated carbocycles. The second-order valence-corrected chi connectivity index (χ2v) is 3.32. The third-order valence-electron chi connectivity index (χ3n) is 2.45. The van der Waals surface area contributed by atoms with Crippen molar-refractivity contribution in [2.75, 3.05) is 0 Å². The molecule has 0 fully saturated rings. The molecular formula is C10H8F4. The molecule has 2 rings (SSSR count). The van der Waals surface area contributed by atoms with Gasteiger partial charge >= 0.3 is 0 Å². The van der Waals surface area contributed by atoms with E-state index in [1.807, 2.05) is 0 Å². The molecule has 1 aromatic rings. The van der Waals surface area contributed by atoms with E-state index < -0.39 is 24.7 Å². The zero-order chi connectivity index (χ0) is 10.3. The van der Waals surface area contributed by atoms with Crippen molar-refractivity contribution in [1.82, 2.24) is 0 Å². The van der Waals surface area contributed by atoms with Crippen LogP contribution in [0.5, 0.6) is 0 Å². The van der Waals surface area contributed by atoms with E-state index in [9.17, 15) is 17.6 Å². The lowest BCUT2D eigenvalue weighted by Crippen LogP contribution is -2.32. The number of halogens is 4. The maximum absolute atomic E-state index is 13.2. The van der Waals surface area contributed by atoms with Gasteiger partial charge in [0.05, 0.1) is 0 Å². The highest BCUT2D eigenvalue weighted by Gasteiger charge is 2.44. The van der Waals surface area contributed by atoms with Gasteiger partial charge in [0.25, 0.3) is 0 Å². The molecule has 0 N–H and O–H groups in total. The van der Waals surface area contributed by atoms with Crippen LogP contribution < -0.4 is 0 Å². The summed E-state index contributed by atoms with van der Waals surface area (Å²) in [7, 11) is 0. The predicted octanol–water partition coefficient (Wildman–Crippen LogP) is 3.40. The van der Waals surface area contributed by atoms with Crippen molar-refractivity contribution in [3.8, 4) is 0 Å². The first kappa shape index (κ1) is 9.49. The first-order valence-corrected chi connectivity index (χ1v) is 4.28. The molecule has 0 saturated heterocycles. The average molecular weight is 204 g/mol. The second kappa shape index (κ2) is 3.26. The number of hydrogen-bond donors (Lipinski definition) is 0. The van der Waals surface area contributed by atoms with Crippen molar-refractivity contribution in [2.24, 2.45) is 0 Å². The minimum Gasteiger partial charge on any atom is -0.241 e. The second-order valence-electron chi connectivity index (χ2n) is 3.32. The zero-order valence-corrected chi connectivity index (χ0v) is 7.13. The van der Waals surface area contributed by atoms with Crippen LogP contribution in [0.4, 0.5) is 17.6 Å². The first-order chi connectivity index (χ1) is 6.63. The average Bonchev–Trinajstić information content (AvgIpc) is 2.23. The smallest absolute Gasteiger partial charge is 0.170 e. The third-order valence-corrected chi connectivity index (χ3v) is 2.45. The Bertz CT molecular complexity index is 306. The number of benzene rings is 1. The van der Waals surface area contributed by atoms with Gasteiger partial charge in [0.2, 0.25) is 0 Å². The molecule has 0 heterocycles. The third kappa shape index (κ3) is 1.21. The summed E-state index contributed by atoms with van der Waals surface area (Å²) in [6, 6.07) is 5.52. The Morgan fingerprint density at radius 2 is 1.07 bits per heavy atom. The molecular weight excluding hydrogens is 196 g/mol. The number of alkyl halides is 4. The summed E-state index contributed by atoms with van der Waals surface area (Å²) >= 11 is 0. The fraction of sp³-hybridized carbons (Fsp3) is 0.400. The summed E-state index contributed by atoms with van der Waals surface area (Å²) in [5.41, 5.74) is -0.164. The van der Waals surface area contributed by atoms with Crippen LogP contribution in [0.3, 0.4) is 0 Å². The molecule has 4 heteroatoms. The van der Waals surface area contributed by atoms with Crippen LogP contribution in [-0.4, -0.2) is 12.3 Å². The molecule has 0 bridgehead atoms. The Balaban J connectivity index is 2.51. The van der Waals surface area contributed by atoms with E-state index in [0.717, 1.165) is 0 Å². The van der Waals surface area contributed by atoms with Gasteiger partial charge in [-0.3, -0.25) is 0 Å². The lowest BCUT2D eigenvalue weighted by Gasteiger charge is -2.28. The van der Waals surface area contributed by atoms with Gasteiger partial charge in [0.15, 0.2) is 24.7 Å². The summed E-state index contributed by atoms with van der Waals surface area (Å²) in [5, 5.41) is 0. The van der Waals surface area contributed by atoms with Crippen LogP contribution in [0.1, 0.15) is 23.5 Å². The largest absolute Gasteiger partial charge is 0.241 e. The number of rotatable bonds is 0. The Morgan fingerprint density at radius 1 is 0.714 bits per heavy atom. The van der Waals surface area contributed by atoms with E-state index in [1.54, 1.807) is 0 Å².